The van der Waals surface area contributed by atoms with E-state index in [2.05, 4.69) is 220 Å². The number of benzene rings is 8. The Kier molecular flexibility index (Phi) is 8.28. The van der Waals surface area contributed by atoms with Crippen molar-refractivity contribution in [2.24, 2.45) is 0 Å². The molecule has 8 aromatic carbocycles. The third kappa shape index (κ3) is 5.55. The lowest BCUT2D eigenvalue weighted by Crippen LogP contribution is -2.74. The van der Waals surface area contributed by atoms with Crippen LogP contribution in [0.1, 0.15) is 51.7 Å². The summed E-state index contributed by atoms with van der Waals surface area (Å²) < 4.78 is 5.15. The Labute approximate surface area is 352 Å². The molecule has 0 unspecified atom stereocenters. The lowest BCUT2D eigenvalue weighted by molar-refractivity contribution is 0.332. The van der Waals surface area contributed by atoms with Crippen molar-refractivity contribution in [3.63, 3.8) is 0 Å². The van der Waals surface area contributed by atoms with Gasteiger partial charge in [-0.3, -0.25) is 0 Å². The molecule has 286 valence electrons. The van der Waals surface area contributed by atoms with Gasteiger partial charge in [-0.15, -0.1) is 11.3 Å². The molecule has 2 aromatic heterocycles. The predicted octanol–water partition coefficient (Wildman–Crippen LogP) is 12.5. The Hall–Kier alpha value is -6.00. The molecule has 59 heavy (non-hydrogen) atoms. The smallest absolute Gasteiger partial charge is 0.179 e. The number of nitrogens with zero attached hydrogens (tertiary/aromatic N) is 1. The van der Waals surface area contributed by atoms with Crippen LogP contribution >= 0.6 is 11.3 Å². The van der Waals surface area contributed by atoms with Crippen LogP contribution in [0.25, 0.3) is 58.8 Å². The zero-order chi connectivity index (χ0) is 39.9. The Morgan fingerprint density at radius 3 is 1.75 bits per heavy atom. The van der Waals surface area contributed by atoms with Crippen molar-refractivity contribution in [1.29, 1.82) is 0 Å². The second-order valence-corrected chi connectivity index (χ2v) is 22.8. The van der Waals surface area contributed by atoms with E-state index < -0.39 is 8.07 Å². The molecule has 0 fully saturated rings. The molecule has 0 spiro atoms. The van der Waals surface area contributed by atoms with Crippen LogP contribution in [0.5, 0.6) is 0 Å². The number of hydrogen-bond acceptors (Lipinski definition) is 1. The lowest BCUT2D eigenvalue weighted by Gasteiger charge is -2.43. The summed E-state index contributed by atoms with van der Waals surface area (Å²) in [4.78, 5) is 0. The summed E-state index contributed by atoms with van der Waals surface area (Å²) in [6.07, 6.45) is 2.40. The SMILES string of the molecule is CC1(C)CCC(C)(C)c2cc([Si](c3ccccc3)(c3ccccc3)c3ccc(-n4c5ccccc5c5c(-c6ccc7sc8ccccc8c7c6)cccc54)cc3)ccc21. The van der Waals surface area contributed by atoms with Crippen LogP contribution < -0.4 is 20.7 Å². The molecule has 0 N–H and O–H groups in total. The van der Waals surface area contributed by atoms with Crippen molar-refractivity contribution in [2.75, 3.05) is 0 Å². The topological polar surface area (TPSA) is 4.93 Å². The van der Waals surface area contributed by atoms with Crippen molar-refractivity contribution in [3.05, 3.63) is 199 Å². The molecule has 1 nitrogen and oxygen atoms in total. The first-order valence-electron chi connectivity index (χ1n) is 21.1. The van der Waals surface area contributed by atoms with E-state index >= 15 is 0 Å². The van der Waals surface area contributed by atoms with Gasteiger partial charge in [-0.2, -0.15) is 0 Å². The van der Waals surface area contributed by atoms with Gasteiger partial charge in [-0.25, -0.2) is 0 Å². The Morgan fingerprint density at radius 2 is 1.02 bits per heavy atom. The Morgan fingerprint density at radius 1 is 0.441 bits per heavy atom. The van der Waals surface area contributed by atoms with E-state index in [1.165, 1.54) is 104 Å². The second kappa shape index (κ2) is 13.5. The van der Waals surface area contributed by atoms with Gasteiger partial charge >= 0.3 is 0 Å². The molecule has 10 aromatic rings. The van der Waals surface area contributed by atoms with Crippen molar-refractivity contribution in [2.45, 2.75) is 51.4 Å². The van der Waals surface area contributed by atoms with Crippen LogP contribution in [-0.4, -0.2) is 12.6 Å². The number of fused-ring (bicyclic) bond motifs is 7. The van der Waals surface area contributed by atoms with E-state index in [1.54, 1.807) is 0 Å². The summed E-state index contributed by atoms with van der Waals surface area (Å²) in [6.45, 7) is 9.77. The minimum absolute atomic E-state index is 0.108. The lowest BCUT2D eigenvalue weighted by atomic mass is 9.63. The normalized spacial score (nSPS) is 14.9. The fourth-order valence-corrected chi connectivity index (χ4v) is 16.3. The second-order valence-electron chi connectivity index (χ2n) is 17.9. The van der Waals surface area contributed by atoms with E-state index in [0.717, 1.165) is 0 Å². The van der Waals surface area contributed by atoms with Crippen LogP contribution in [0.4, 0.5) is 0 Å². The van der Waals surface area contributed by atoms with Crippen molar-refractivity contribution >= 4 is 82.1 Å². The zero-order valence-corrected chi connectivity index (χ0v) is 36.0. The quantitative estimate of drug-likeness (QED) is 0.117. The highest BCUT2D eigenvalue weighted by Crippen LogP contribution is 2.46. The maximum atomic E-state index is 2.63. The minimum atomic E-state index is -2.78. The zero-order valence-electron chi connectivity index (χ0n) is 34.2. The first-order chi connectivity index (χ1) is 28.7. The van der Waals surface area contributed by atoms with Crippen LogP contribution in [0.2, 0.25) is 0 Å². The fraction of sp³-hybridized carbons (Fsp3) is 0.143. The minimum Gasteiger partial charge on any atom is -0.309 e. The molecule has 2 heterocycles. The molecule has 0 radical (unpaired) electrons. The van der Waals surface area contributed by atoms with Gasteiger partial charge in [0.2, 0.25) is 0 Å². The Bertz CT molecular complexity index is 3160. The maximum absolute atomic E-state index is 2.78. The molecular formula is C56H47NSSi. The molecule has 3 heteroatoms. The van der Waals surface area contributed by atoms with Gasteiger partial charge in [0.05, 0.1) is 11.0 Å². The summed E-state index contributed by atoms with van der Waals surface area (Å²) in [6, 6.07) is 71.7. The first kappa shape index (κ1) is 36.1. The van der Waals surface area contributed by atoms with Crippen LogP contribution in [0, 0.1) is 0 Å². The van der Waals surface area contributed by atoms with Gasteiger partial charge in [0, 0.05) is 36.6 Å². The molecule has 0 amide bonds. The summed E-state index contributed by atoms with van der Waals surface area (Å²) in [5.74, 6) is 0. The van der Waals surface area contributed by atoms with Crippen molar-refractivity contribution < 1.29 is 0 Å². The van der Waals surface area contributed by atoms with E-state index in [1.807, 2.05) is 11.3 Å². The van der Waals surface area contributed by atoms with Crippen LogP contribution in [0.15, 0.2) is 188 Å². The van der Waals surface area contributed by atoms with Gasteiger partial charge < -0.3 is 4.57 Å². The summed E-state index contributed by atoms with van der Waals surface area (Å²) in [5, 5.41) is 10.9. The summed E-state index contributed by atoms with van der Waals surface area (Å²) >= 11 is 1.88. The van der Waals surface area contributed by atoms with Gasteiger partial charge in [-0.05, 0) is 109 Å². The molecular weight excluding hydrogens is 747 g/mol. The van der Waals surface area contributed by atoms with E-state index in [0.29, 0.717) is 0 Å². The van der Waals surface area contributed by atoms with E-state index in [9.17, 15) is 0 Å². The molecule has 11 rings (SSSR count). The van der Waals surface area contributed by atoms with E-state index in [-0.39, 0.29) is 10.8 Å². The highest BCUT2D eigenvalue weighted by Gasteiger charge is 2.44. The van der Waals surface area contributed by atoms with E-state index in [4.69, 9.17) is 0 Å². The highest BCUT2D eigenvalue weighted by atomic mass is 32.1. The molecule has 0 bridgehead atoms. The molecule has 0 atom stereocenters. The average molecular weight is 794 g/mol. The highest BCUT2D eigenvalue weighted by molar-refractivity contribution is 7.25. The fourth-order valence-electron chi connectivity index (χ4n) is 10.5. The van der Waals surface area contributed by atoms with Crippen LogP contribution in [0.3, 0.4) is 0 Å². The molecule has 1 aliphatic carbocycles. The van der Waals surface area contributed by atoms with Crippen molar-refractivity contribution in [3.8, 4) is 16.8 Å². The van der Waals surface area contributed by atoms with Crippen molar-refractivity contribution in [1.82, 2.24) is 4.57 Å². The van der Waals surface area contributed by atoms with Gasteiger partial charge in [0.1, 0.15) is 0 Å². The van der Waals surface area contributed by atoms with Gasteiger partial charge in [0.15, 0.2) is 8.07 Å². The Balaban J connectivity index is 1.12. The molecule has 0 saturated heterocycles. The third-order valence-corrected chi connectivity index (χ3v) is 19.6. The standard InChI is InChI=1S/C56H47NSSi/c1-55(2)34-35-56(3,4)49-37-43(31-32-48(49)55)59(40-16-7-5-8-17-40,41-18-9-6-10-19-41)42-29-27-39(28-30-42)57-50-23-13-11-21-46(50)54-44(22-15-24-51(54)57)38-26-33-53-47(36-38)45-20-12-14-25-52(45)58-53/h5-33,36-37H,34-35H2,1-4H3. The van der Waals surface area contributed by atoms with Gasteiger partial charge in [-0.1, -0.05) is 173 Å². The number of thiophene rings is 1. The monoisotopic (exact) mass is 793 g/mol. The average Bonchev–Trinajstić information content (AvgIpc) is 3.82. The predicted molar refractivity (Wildman–Crippen MR) is 258 cm³/mol. The third-order valence-electron chi connectivity index (χ3n) is 13.6. The molecule has 0 aliphatic heterocycles. The number of rotatable bonds is 6. The summed E-state index contributed by atoms with van der Waals surface area (Å²) in [5.41, 5.74) is 9.42. The largest absolute Gasteiger partial charge is 0.309 e. The van der Waals surface area contributed by atoms with Gasteiger partial charge in [0.25, 0.3) is 0 Å². The molecule has 1 aliphatic rings. The summed E-state index contributed by atoms with van der Waals surface area (Å²) in [7, 11) is -2.78. The number of para-hydroxylation sites is 1. The first-order valence-corrected chi connectivity index (χ1v) is 23.9. The number of hydrogen-bond donors (Lipinski definition) is 0. The number of aromatic nitrogens is 1. The maximum Gasteiger partial charge on any atom is 0.179 e. The van der Waals surface area contributed by atoms with Crippen LogP contribution in [-0.2, 0) is 10.8 Å². The molecule has 0 saturated carbocycles.